The van der Waals surface area contributed by atoms with Gasteiger partial charge in [0.1, 0.15) is 23.1 Å². The smallest absolute Gasteiger partial charge is 0.293 e. The van der Waals surface area contributed by atoms with Gasteiger partial charge in [-0.15, -0.1) is 0 Å². The number of para-hydroxylation sites is 1. The minimum Gasteiger partial charge on any atom is -0.494 e. The van der Waals surface area contributed by atoms with Gasteiger partial charge in [-0.1, -0.05) is 24.3 Å². The number of benzene rings is 3. The Hall–Kier alpha value is -4.64. The highest BCUT2D eigenvalue weighted by molar-refractivity contribution is 6.09. The molecule has 3 aromatic rings. The van der Waals surface area contributed by atoms with Crippen molar-refractivity contribution in [2.45, 2.75) is 6.92 Å². The first-order valence-electron chi connectivity index (χ1n) is 10.2. The van der Waals surface area contributed by atoms with Crippen molar-refractivity contribution in [3.8, 4) is 11.8 Å². The van der Waals surface area contributed by atoms with Crippen molar-refractivity contribution >= 4 is 34.7 Å². The Morgan fingerprint density at radius 2 is 1.85 bits per heavy atom. The number of rotatable bonds is 8. The zero-order chi connectivity index (χ0) is 23.8. The number of nitrogens with zero attached hydrogens (tertiary/aromatic N) is 3. The van der Waals surface area contributed by atoms with Gasteiger partial charge in [-0.2, -0.15) is 5.26 Å². The maximum Gasteiger partial charge on any atom is 0.293 e. The molecule has 0 aliphatic carbocycles. The first kappa shape index (κ1) is 23.0. The third-order valence-electron chi connectivity index (χ3n) is 4.80. The standard InChI is InChI=1S/C25H22N4O4/c1-3-33-22-12-10-20(11-13-22)27-25(30)19(17-26)15-18-9-14-23(24(16-18)29(31)32)28(2)21-7-5-4-6-8-21/h4-16H,3H2,1-2H3,(H,27,30)/b19-15+. The normalized spacial score (nSPS) is 10.8. The predicted octanol–water partition coefficient (Wildman–Crippen LogP) is 5.31. The summed E-state index contributed by atoms with van der Waals surface area (Å²) < 4.78 is 5.36. The predicted molar refractivity (Wildman–Crippen MR) is 127 cm³/mol. The molecule has 0 bridgehead atoms. The second-order valence-corrected chi connectivity index (χ2v) is 6.98. The quantitative estimate of drug-likeness (QED) is 0.219. The van der Waals surface area contributed by atoms with Gasteiger partial charge in [0.15, 0.2) is 0 Å². The molecule has 0 saturated heterocycles. The number of nitrogens with one attached hydrogen (secondary N) is 1. The number of nitriles is 1. The molecule has 0 spiro atoms. The van der Waals surface area contributed by atoms with Crippen LogP contribution in [0.4, 0.5) is 22.7 Å². The molecule has 1 amide bonds. The van der Waals surface area contributed by atoms with Crippen molar-refractivity contribution in [2.24, 2.45) is 0 Å². The van der Waals surface area contributed by atoms with Crippen molar-refractivity contribution in [3.63, 3.8) is 0 Å². The largest absolute Gasteiger partial charge is 0.494 e. The first-order valence-corrected chi connectivity index (χ1v) is 10.2. The van der Waals surface area contributed by atoms with Gasteiger partial charge < -0.3 is 15.0 Å². The lowest BCUT2D eigenvalue weighted by Gasteiger charge is -2.19. The van der Waals surface area contributed by atoms with Crippen LogP contribution in [0.5, 0.6) is 5.75 Å². The molecule has 8 nitrogen and oxygen atoms in total. The highest BCUT2D eigenvalue weighted by Gasteiger charge is 2.19. The molecule has 0 fully saturated rings. The lowest BCUT2D eigenvalue weighted by Crippen LogP contribution is -2.13. The van der Waals surface area contributed by atoms with Gasteiger partial charge in [0.05, 0.1) is 11.5 Å². The van der Waals surface area contributed by atoms with Crippen LogP contribution in [0, 0.1) is 21.4 Å². The van der Waals surface area contributed by atoms with Crippen LogP contribution >= 0.6 is 0 Å². The summed E-state index contributed by atoms with van der Waals surface area (Å²) in [7, 11) is 1.73. The summed E-state index contributed by atoms with van der Waals surface area (Å²) >= 11 is 0. The molecule has 0 saturated carbocycles. The Kier molecular flexibility index (Phi) is 7.39. The van der Waals surface area contributed by atoms with Gasteiger partial charge in [-0.25, -0.2) is 0 Å². The van der Waals surface area contributed by atoms with Crippen molar-refractivity contribution in [1.82, 2.24) is 0 Å². The number of nitro benzene ring substituents is 1. The molecular weight excluding hydrogens is 420 g/mol. The molecule has 3 aromatic carbocycles. The van der Waals surface area contributed by atoms with E-state index in [-0.39, 0.29) is 11.3 Å². The summed E-state index contributed by atoms with van der Waals surface area (Å²) in [6.07, 6.45) is 1.32. The van der Waals surface area contributed by atoms with Gasteiger partial charge in [0.2, 0.25) is 0 Å². The number of nitro groups is 1. The molecule has 0 aromatic heterocycles. The lowest BCUT2D eigenvalue weighted by molar-refractivity contribution is -0.384. The topological polar surface area (TPSA) is 108 Å². The molecule has 3 rings (SSSR count). The van der Waals surface area contributed by atoms with Gasteiger partial charge >= 0.3 is 0 Å². The number of hydrogen-bond donors (Lipinski definition) is 1. The molecule has 0 atom stereocenters. The van der Waals surface area contributed by atoms with E-state index in [4.69, 9.17) is 4.74 Å². The maximum atomic E-state index is 12.6. The van der Waals surface area contributed by atoms with E-state index in [9.17, 15) is 20.2 Å². The van der Waals surface area contributed by atoms with Crippen molar-refractivity contribution in [3.05, 3.63) is 94.0 Å². The third-order valence-corrected chi connectivity index (χ3v) is 4.80. The van der Waals surface area contributed by atoms with Crippen molar-refractivity contribution in [1.29, 1.82) is 5.26 Å². The van der Waals surface area contributed by atoms with Gasteiger partial charge in [-0.05, 0) is 61.0 Å². The third kappa shape index (κ3) is 5.74. The molecule has 0 heterocycles. The molecule has 0 unspecified atom stereocenters. The Morgan fingerprint density at radius 1 is 1.15 bits per heavy atom. The Balaban J connectivity index is 1.85. The Morgan fingerprint density at radius 3 is 2.45 bits per heavy atom. The van der Waals surface area contributed by atoms with Gasteiger partial charge in [0.25, 0.3) is 11.6 Å². The maximum absolute atomic E-state index is 12.6. The number of carbonyl (C=O) groups is 1. The van der Waals surface area contributed by atoms with Crippen LogP contribution in [0.1, 0.15) is 12.5 Å². The fourth-order valence-electron chi connectivity index (χ4n) is 3.17. The average Bonchev–Trinajstić information content (AvgIpc) is 2.83. The van der Waals surface area contributed by atoms with Crippen LogP contribution in [0.2, 0.25) is 0 Å². The van der Waals surface area contributed by atoms with E-state index in [2.05, 4.69) is 5.32 Å². The monoisotopic (exact) mass is 442 g/mol. The van der Waals surface area contributed by atoms with Crippen LogP contribution in [0.15, 0.2) is 78.4 Å². The molecule has 33 heavy (non-hydrogen) atoms. The zero-order valence-electron chi connectivity index (χ0n) is 18.2. The summed E-state index contributed by atoms with van der Waals surface area (Å²) in [4.78, 5) is 25.5. The number of ether oxygens (including phenoxy) is 1. The summed E-state index contributed by atoms with van der Waals surface area (Å²) in [5.74, 6) is 0.0502. The molecule has 0 aliphatic heterocycles. The van der Waals surface area contributed by atoms with Crippen LogP contribution in [0.3, 0.4) is 0 Å². The van der Waals surface area contributed by atoms with Crippen molar-refractivity contribution < 1.29 is 14.5 Å². The molecule has 1 N–H and O–H groups in total. The number of carbonyl (C=O) groups excluding carboxylic acids is 1. The second-order valence-electron chi connectivity index (χ2n) is 6.98. The second kappa shape index (κ2) is 10.6. The van der Waals surface area contributed by atoms with Crippen LogP contribution in [-0.2, 0) is 4.79 Å². The Labute approximate surface area is 191 Å². The summed E-state index contributed by atoms with van der Waals surface area (Å²) in [5.41, 5.74) is 1.72. The van der Waals surface area contributed by atoms with E-state index in [0.717, 1.165) is 5.69 Å². The van der Waals surface area contributed by atoms with E-state index in [1.54, 1.807) is 48.3 Å². The van der Waals surface area contributed by atoms with E-state index in [1.165, 1.54) is 12.1 Å². The minimum atomic E-state index is -0.616. The van der Waals surface area contributed by atoms with Gasteiger partial charge in [-0.3, -0.25) is 14.9 Å². The fourth-order valence-corrected chi connectivity index (χ4v) is 3.17. The molecule has 0 aliphatic rings. The number of hydrogen-bond acceptors (Lipinski definition) is 6. The van der Waals surface area contributed by atoms with Crippen molar-refractivity contribution in [2.75, 3.05) is 23.9 Å². The lowest BCUT2D eigenvalue weighted by atomic mass is 10.1. The molecule has 0 radical (unpaired) electrons. The average molecular weight is 442 g/mol. The molecular formula is C25H22N4O4. The van der Waals surface area contributed by atoms with Crippen LogP contribution in [-0.4, -0.2) is 24.5 Å². The highest BCUT2D eigenvalue weighted by Crippen LogP contribution is 2.33. The summed E-state index contributed by atoms with van der Waals surface area (Å²) in [6, 6.07) is 22.4. The molecule has 166 valence electrons. The zero-order valence-corrected chi connectivity index (χ0v) is 18.2. The summed E-state index contributed by atoms with van der Waals surface area (Å²) in [6.45, 7) is 2.40. The van der Waals surface area contributed by atoms with E-state index >= 15 is 0 Å². The highest BCUT2D eigenvalue weighted by atomic mass is 16.6. The number of amides is 1. The summed E-state index contributed by atoms with van der Waals surface area (Å²) in [5, 5.41) is 23.8. The van der Waals surface area contributed by atoms with E-state index in [1.807, 2.05) is 43.3 Å². The van der Waals surface area contributed by atoms with Crippen LogP contribution in [0.25, 0.3) is 6.08 Å². The van der Waals surface area contributed by atoms with E-state index in [0.29, 0.717) is 29.3 Å². The minimum absolute atomic E-state index is 0.140. The fraction of sp³-hybridized carbons (Fsp3) is 0.120. The van der Waals surface area contributed by atoms with Gasteiger partial charge in [0, 0.05) is 24.5 Å². The molecule has 8 heteroatoms. The first-order chi connectivity index (χ1) is 15.9. The Bertz CT molecular complexity index is 1220. The SMILES string of the molecule is CCOc1ccc(NC(=O)/C(C#N)=C/c2ccc(N(C)c3ccccc3)c([N+](=O)[O-])c2)cc1. The van der Waals surface area contributed by atoms with E-state index < -0.39 is 10.8 Å². The van der Waals surface area contributed by atoms with Crippen LogP contribution < -0.4 is 15.0 Å². The number of anilines is 3.